The van der Waals surface area contributed by atoms with Gasteiger partial charge in [-0.2, -0.15) is 0 Å². The number of carboxylic acids is 1. The molecule has 0 aliphatic heterocycles. The molecule has 6 nitrogen and oxygen atoms in total. The van der Waals surface area contributed by atoms with Crippen LogP contribution in [-0.4, -0.2) is 49.2 Å². The van der Waals surface area contributed by atoms with E-state index in [0.29, 0.717) is 11.5 Å². The Morgan fingerprint density at radius 3 is 2.47 bits per heavy atom. The van der Waals surface area contributed by atoms with Crippen molar-refractivity contribution in [3.8, 4) is 11.5 Å². The molecule has 0 saturated carbocycles. The minimum absolute atomic E-state index is 0.0864. The molecule has 1 amide bonds. The van der Waals surface area contributed by atoms with Crippen molar-refractivity contribution in [3.63, 3.8) is 0 Å². The Kier molecular flexibility index (Phi) is 5.66. The molecule has 104 valence electrons. The fourth-order valence-corrected chi connectivity index (χ4v) is 1.38. The molecule has 0 unspecified atom stereocenters. The Hall–Kier alpha value is -2.24. The molecular formula is C13H17NO5. The zero-order chi connectivity index (χ0) is 14.3. The van der Waals surface area contributed by atoms with Crippen LogP contribution in [0.1, 0.15) is 6.42 Å². The van der Waals surface area contributed by atoms with E-state index >= 15 is 0 Å². The largest absolute Gasteiger partial charge is 0.493 e. The van der Waals surface area contributed by atoms with Crippen molar-refractivity contribution in [1.82, 2.24) is 4.90 Å². The highest BCUT2D eigenvalue weighted by Gasteiger charge is 2.12. The Bertz CT molecular complexity index is 446. The lowest BCUT2D eigenvalue weighted by atomic mass is 10.3. The van der Waals surface area contributed by atoms with Gasteiger partial charge in [0.1, 0.15) is 0 Å². The van der Waals surface area contributed by atoms with Crippen molar-refractivity contribution in [2.45, 2.75) is 6.42 Å². The van der Waals surface area contributed by atoms with Crippen molar-refractivity contribution >= 4 is 11.9 Å². The molecule has 0 bridgehead atoms. The van der Waals surface area contributed by atoms with Gasteiger partial charge >= 0.3 is 5.97 Å². The van der Waals surface area contributed by atoms with E-state index in [1.807, 2.05) is 0 Å². The number of hydrogen-bond donors (Lipinski definition) is 1. The van der Waals surface area contributed by atoms with E-state index in [4.69, 9.17) is 14.6 Å². The highest BCUT2D eigenvalue weighted by Crippen LogP contribution is 2.25. The fourth-order valence-electron chi connectivity index (χ4n) is 1.38. The average Bonchev–Trinajstić information content (AvgIpc) is 2.42. The predicted octanol–water partition coefficient (Wildman–Crippen LogP) is 1.01. The van der Waals surface area contributed by atoms with Crippen molar-refractivity contribution < 1.29 is 24.2 Å². The summed E-state index contributed by atoms with van der Waals surface area (Å²) in [4.78, 5) is 23.4. The summed E-state index contributed by atoms with van der Waals surface area (Å²) in [5, 5.41) is 8.53. The molecule has 1 rings (SSSR count). The third kappa shape index (κ3) is 4.87. The Morgan fingerprint density at radius 1 is 1.26 bits per heavy atom. The van der Waals surface area contributed by atoms with E-state index < -0.39 is 5.97 Å². The maximum atomic E-state index is 11.7. The first kappa shape index (κ1) is 14.8. The number of rotatable bonds is 7. The first-order chi connectivity index (χ1) is 9.04. The normalized spacial score (nSPS) is 9.79. The van der Waals surface area contributed by atoms with Gasteiger partial charge in [-0.05, 0) is 12.1 Å². The van der Waals surface area contributed by atoms with Crippen LogP contribution >= 0.6 is 0 Å². The van der Waals surface area contributed by atoms with Crippen LogP contribution in [0, 0.1) is 0 Å². The number of aliphatic carboxylic acids is 1. The van der Waals surface area contributed by atoms with Crippen LogP contribution in [0.5, 0.6) is 11.5 Å². The van der Waals surface area contributed by atoms with E-state index in [1.54, 1.807) is 24.3 Å². The third-order valence-electron chi connectivity index (χ3n) is 2.51. The summed E-state index contributed by atoms with van der Waals surface area (Å²) >= 11 is 0. The van der Waals surface area contributed by atoms with Crippen molar-refractivity contribution in [1.29, 1.82) is 0 Å². The summed E-state index contributed by atoms with van der Waals surface area (Å²) in [7, 11) is 3.06. The maximum Gasteiger partial charge on any atom is 0.305 e. The van der Waals surface area contributed by atoms with E-state index in [0.717, 1.165) is 0 Å². The van der Waals surface area contributed by atoms with Gasteiger partial charge in [-0.1, -0.05) is 12.1 Å². The van der Waals surface area contributed by atoms with E-state index in [1.165, 1.54) is 19.1 Å². The Balaban J connectivity index is 2.47. The summed E-state index contributed by atoms with van der Waals surface area (Å²) in [6.07, 6.45) is -0.0864. The minimum Gasteiger partial charge on any atom is -0.493 e. The monoisotopic (exact) mass is 267 g/mol. The predicted molar refractivity (Wildman–Crippen MR) is 68.4 cm³/mol. The molecule has 0 radical (unpaired) electrons. The molecule has 0 heterocycles. The Labute approximate surface area is 111 Å². The number of benzene rings is 1. The lowest BCUT2D eigenvalue weighted by Crippen LogP contribution is -2.33. The number of nitrogens with zero attached hydrogens (tertiary/aromatic N) is 1. The molecular weight excluding hydrogens is 250 g/mol. The number of carbonyl (C=O) groups excluding carboxylic acids is 1. The van der Waals surface area contributed by atoms with Crippen molar-refractivity contribution in [2.75, 3.05) is 27.3 Å². The zero-order valence-corrected chi connectivity index (χ0v) is 11.0. The standard InChI is InChI=1S/C13H17NO5/c1-14(8-7-13(16)17)12(15)9-19-11-6-4-3-5-10(11)18-2/h3-6H,7-9H2,1-2H3,(H,16,17). The number of methoxy groups -OCH3 is 1. The number of carboxylic acid groups (broad SMARTS) is 1. The molecule has 0 spiro atoms. The number of ether oxygens (including phenoxy) is 2. The molecule has 0 atom stereocenters. The summed E-state index contributed by atoms with van der Waals surface area (Å²) in [5.41, 5.74) is 0. The van der Waals surface area contributed by atoms with Crippen LogP contribution in [0.25, 0.3) is 0 Å². The number of hydrogen-bond acceptors (Lipinski definition) is 4. The van der Waals surface area contributed by atoms with Crippen LogP contribution in [0.4, 0.5) is 0 Å². The number of carbonyl (C=O) groups is 2. The Morgan fingerprint density at radius 2 is 1.89 bits per heavy atom. The minimum atomic E-state index is -0.940. The zero-order valence-electron chi connectivity index (χ0n) is 11.0. The van der Waals surface area contributed by atoms with Gasteiger partial charge in [0.05, 0.1) is 13.5 Å². The summed E-state index contributed by atoms with van der Waals surface area (Å²) in [6, 6.07) is 7.00. The van der Waals surface area contributed by atoms with Gasteiger partial charge in [0.15, 0.2) is 18.1 Å². The van der Waals surface area contributed by atoms with Gasteiger partial charge in [0, 0.05) is 13.6 Å². The second kappa shape index (κ2) is 7.25. The fraction of sp³-hybridized carbons (Fsp3) is 0.385. The molecule has 1 aromatic rings. The molecule has 1 aromatic carbocycles. The molecule has 6 heteroatoms. The maximum absolute atomic E-state index is 11.7. The van der Waals surface area contributed by atoms with Gasteiger partial charge in [-0.15, -0.1) is 0 Å². The molecule has 0 saturated heterocycles. The van der Waals surface area contributed by atoms with Crippen molar-refractivity contribution in [3.05, 3.63) is 24.3 Å². The molecule has 0 aliphatic carbocycles. The number of amides is 1. The molecule has 0 fully saturated rings. The summed E-state index contributed by atoms with van der Waals surface area (Å²) in [6.45, 7) is -0.0000559. The molecule has 0 aliphatic rings. The van der Waals surface area contributed by atoms with Gasteiger partial charge in [-0.25, -0.2) is 0 Å². The average molecular weight is 267 g/mol. The third-order valence-corrected chi connectivity index (χ3v) is 2.51. The number of likely N-dealkylation sites (N-methyl/N-ethyl adjacent to an activating group) is 1. The number of para-hydroxylation sites is 2. The smallest absolute Gasteiger partial charge is 0.305 e. The van der Waals surface area contributed by atoms with Gasteiger partial charge in [0.2, 0.25) is 0 Å². The van der Waals surface area contributed by atoms with Crippen LogP contribution in [-0.2, 0) is 9.59 Å². The lowest BCUT2D eigenvalue weighted by Gasteiger charge is -2.17. The van der Waals surface area contributed by atoms with E-state index in [9.17, 15) is 9.59 Å². The van der Waals surface area contributed by atoms with Crippen LogP contribution in [0.3, 0.4) is 0 Å². The molecule has 1 N–H and O–H groups in total. The van der Waals surface area contributed by atoms with Gasteiger partial charge < -0.3 is 19.5 Å². The van der Waals surface area contributed by atoms with Crippen LogP contribution < -0.4 is 9.47 Å². The SMILES string of the molecule is COc1ccccc1OCC(=O)N(C)CCC(=O)O. The highest BCUT2D eigenvalue weighted by atomic mass is 16.5. The first-order valence-electron chi connectivity index (χ1n) is 5.76. The van der Waals surface area contributed by atoms with E-state index in [2.05, 4.69) is 0 Å². The van der Waals surface area contributed by atoms with Crippen molar-refractivity contribution in [2.24, 2.45) is 0 Å². The van der Waals surface area contributed by atoms with Crippen LogP contribution in [0.15, 0.2) is 24.3 Å². The molecule has 19 heavy (non-hydrogen) atoms. The first-order valence-corrected chi connectivity index (χ1v) is 5.76. The van der Waals surface area contributed by atoms with Crippen LogP contribution in [0.2, 0.25) is 0 Å². The summed E-state index contributed by atoms with van der Waals surface area (Å²) < 4.78 is 10.4. The topological polar surface area (TPSA) is 76.1 Å². The molecule has 0 aromatic heterocycles. The second-order valence-electron chi connectivity index (χ2n) is 3.90. The van der Waals surface area contributed by atoms with E-state index in [-0.39, 0.29) is 25.5 Å². The summed E-state index contributed by atoms with van der Waals surface area (Å²) in [5.74, 6) is -0.203. The van der Waals surface area contributed by atoms with Gasteiger partial charge in [0.25, 0.3) is 5.91 Å². The quantitative estimate of drug-likeness (QED) is 0.797. The second-order valence-corrected chi connectivity index (χ2v) is 3.90. The highest BCUT2D eigenvalue weighted by molar-refractivity contribution is 5.78. The lowest BCUT2D eigenvalue weighted by molar-refractivity contribution is -0.138. The van der Waals surface area contributed by atoms with Gasteiger partial charge in [-0.3, -0.25) is 9.59 Å².